The SMILES string of the molecule is COc1nnc(C)c(/C=C/c2nc(-c3ccccc3)oc2O)n1. The summed E-state index contributed by atoms with van der Waals surface area (Å²) in [6.07, 6.45) is 3.26. The van der Waals surface area contributed by atoms with Crippen LogP contribution in [-0.2, 0) is 0 Å². The summed E-state index contributed by atoms with van der Waals surface area (Å²) >= 11 is 0. The number of oxazole rings is 1. The monoisotopic (exact) mass is 310 g/mol. The minimum Gasteiger partial charge on any atom is -0.479 e. The molecular formula is C16H14N4O3. The van der Waals surface area contributed by atoms with E-state index in [1.807, 2.05) is 30.3 Å². The van der Waals surface area contributed by atoms with Crippen molar-refractivity contribution in [2.24, 2.45) is 0 Å². The van der Waals surface area contributed by atoms with Crippen LogP contribution >= 0.6 is 0 Å². The molecule has 0 atom stereocenters. The standard InChI is InChI=1S/C16H14N4O3/c1-10-12(18-16(22-2)20-19-10)8-9-13-15(21)23-14(17-13)11-6-4-3-5-7-11/h3-9,21H,1-2H3/b9-8+. The van der Waals surface area contributed by atoms with E-state index in [9.17, 15) is 5.11 Å². The summed E-state index contributed by atoms with van der Waals surface area (Å²) in [7, 11) is 1.47. The van der Waals surface area contributed by atoms with Crippen LogP contribution in [0.1, 0.15) is 17.1 Å². The molecule has 1 aromatic carbocycles. The maximum atomic E-state index is 9.89. The number of rotatable bonds is 4. The molecule has 3 aromatic rings. The summed E-state index contributed by atoms with van der Waals surface area (Å²) in [6, 6.07) is 9.50. The molecule has 0 radical (unpaired) electrons. The van der Waals surface area contributed by atoms with Gasteiger partial charge in [-0.15, -0.1) is 5.10 Å². The summed E-state index contributed by atoms with van der Waals surface area (Å²) in [4.78, 5) is 8.45. The van der Waals surface area contributed by atoms with Gasteiger partial charge in [0.2, 0.25) is 5.89 Å². The molecule has 0 aliphatic rings. The number of nitrogens with zero attached hydrogens (tertiary/aromatic N) is 4. The van der Waals surface area contributed by atoms with Crippen molar-refractivity contribution in [1.82, 2.24) is 20.2 Å². The second-order valence-electron chi connectivity index (χ2n) is 4.68. The summed E-state index contributed by atoms with van der Waals surface area (Å²) < 4.78 is 10.2. The van der Waals surface area contributed by atoms with Gasteiger partial charge in [0.05, 0.1) is 18.5 Å². The molecule has 3 rings (SSSR count). The Balaban J connectivity index is 1.90. The summed E-state index contributed by atoms with van der Waals surface area (Å²) in [5, 5.41) is 17.6. The molecule has 0 aliphatic carbocycles. The lowest BCUT2D eigenvalue weighted by Gasteiger charge is -1.99. The zero-order valence-electron chi connectivity index (χ0n) is 12.6. The van der Waals surface area contributed by atoms with Crippen LogP contribution in [-0.4, -0.2) is 32.4 Å². The number of hydrogen-bond donors (Lipinski definition) is 1. The number of ether oxygens (including phenoxy) is 1. The fourth-order valence-corrected chi connectivity index (χ4v) is 1.91. The molecule has 0 fully saturated rings. The van der Waals surface area contributed by atoms with Crippen molar-refractivity contribution >= 4 is 12.2 Å². The predicted molar refractivity (Wildman–Crippen MR) is 83.6 cm³/mol. The van der Waals surface area contributed by atoms with Gasteiger partial charge in [0.1, 0.15) is 5.69 Å². The third-order valence-corrected chi connectivity index (χ3v) is 3.11. The lowest BCUT2D eigenvalue weighted by Crippen LogP contribution is -1.99. The quantitative estimate of drug-likeness (QED) is 0.791. The molecule has 0 aliphatic heterocycles. The van der Waals surface area contributed by atoms with E-state index in [4.69, 9.17) is 9.15 Å². The second kappa shape index (κ2) is 6.27. The van der Waals surface area contributed by atoms with Gasteiger partial charge in [0.25, 0.3) is 0 Å². The molecule has 0 spiro atoms. The Kier molecular flexibility index (Phi) is 4.01. The molecule has 0 bridgehead atoms. The molecule has 7 heteroatoms. The molecule has 2 aromatic heterocycles. The minimum atomic E-state index is -0.258. The van der Waals surface area contributed by atoms with Crippen LogP contribution in [0.4, 0.5) is 0 Å². The first-order valence-corrected chi connectivity index (χ1v) is 6.86. The number of aromatic nitrogens is 4. The molecule has 116 valence electrons. The van der Waals surface area contributed by atoms with Gasteiger partial charge in [-0.1, -0.05) is 23.3 Å². The normalized spacial score (nSPS) is 11.0. The molecular weight excluding hydrogens is 296 g/mol. The molecule has 7 nitrogen and oxygen atoms in total. The molecule has 0 saturated heterocycles. The lowest BCUT2D eigenvalue weighted by molar-refractivity contribution is 0.336. The number of aromatic hydroxyl groups is 1. The minimum absolute atomic E-state index is 0.171. The van der Waals surface area contributed by atoms with E-state index >= 15 is 0 Å². The third-order valence-electron chi connectivity index (χ3n) is 3.11. The highest BCUT2D eigenvalue weighted by Gasteiger charge is 2.12. The smallest absolute Gasteiger partial charge is 0.335 e. The molecule has 2 heterocycles. The van der Waals surface area contributed by atoms with Crippen molar-refractivity contribution < 1.29 is 14.3 Å². The van der Waals surface area contributed by atoms with Gasteiger partial charge in [-0.05, 0) is 31.2 Å². The van der Waals surface area contributed by atoms with E-state index in [1.54, 1.807) is 19.1 Å². The number of aryl methyl sites for hydroxylation is 1. The maximum Gasteiger partial charge on any atom is 0.335 e. The van der Waals surface area contributed by atoms with Crippen molar-refractivity contribution in [1.29, 1.82) is 0 Å². The Hall–Kier alpha value is -3.22. The third kappa shape index (κ3) is 3.18. The topological polar surface area (TPSA) is 94.2 Å². The highest BCUT2D eigenvalue weighted by molar-refractivity contribution is 5.70. The number of methoxy groups -OCH3 is 1. The van der Waals surface area contributed by atoms with Crippen LogP contribution in [0.3, 0.4) is 0 Å². The largest absolute Gasteiger partial charge is 0.479 e. The van der Waals surface area contributed by atoms with Crippen LogP contribution < -0.4 is 4.74 Å². The average molecular weight is 310 g/mol. The summed E-state index contributed by atoms with van der Waals surface area (Å²) in [5.41, 5.74) is 2.29. The van der Waals surface area contributed by atoms with Gasteiger partial charge in [0, 0.05) is 5.56 Å². The van der Waals surface area contributed by atoms with Crippen LogP contribution in [0.15, 0.2) is 34.7 Å². The summed E-state index contributed by atoms with van der Waals surface area (Å²) in [6.45, 7) is 1.77. The predicted octanol–water partition coefficient (Wildman–Crippen LogP) is 2.72. The first-order valence-electron chi connectivity index (χ1n) is 6.86. The maximum absolute atomic E-state index is 9.89. The first kappa shape index (κ1) is 14.7. The fraction of sp³-hybridized carbons (Fsp3) is 0.125. The van der Waals surface area contributed by atoms with Crippen molar-refractivity contribution in [3.05, 3.63) is 47.4 Å². The van der Waals surface area contributed by atoms with Gasteiger partial charge in [-0.25, -0.2) is 4.98 Å². The number of hydrogen-bond acceptors (Lipinski definition) is 7. The second-order valence-corrected chi connectivity index (χ2v) is 4.68. The molecule has 23 heavy (non-hydrogen) atoms. The van der Waals surface area contributed by atoms with Crippen LogP contribution in [0, 0.1) is 6.92 Å². The van der Waals surface area contributed by atoms with Crippen molar-refractivity contribution in [2.75, 3.05) is 7.11 Å². The highest BCUT2D eigenvalue weighted by atomic mass is 16.5. The lowest BCUT2D eigenvalue weighted by atomic mass is 10.2. The van der Waals surface area contributed by atoms with E-state index in [-0.39, 0.29) is 12.0 Å². The van der Waals surface area contributed by atoms with Gasteiger partial charge in [0.15, 0.2) is 0 Å². The van der Waals surface area contributed by atoms with Crippen molar-refractivity contribution in [3.63, 3.8) is 0 Å². The van der Waals surface area contributed by atoms with Crippen LogP contribution in [0.5, 0.6) is 12.0 Å². The van der Waals surface area contributed by atoms with Gasteiger partial charge < -0.3 is 14.3 Å². The Morgan fingerprint density at radius 3 is 2.52 bits per heavy atom. The molecule has 0 saturated carbocycles. The van der Waals surface area contributed by atoms with Crippen LogP contribution in [0.25, 0.3) is 23.6 Å². The van der Waals surface area contributed by atoms with Gasteiger partial charge in [-0.2, -0.15) is 4.98 Å². The Labute approximate surface area is 132 Å². The van der Waals surface area contributed by atoms with Crippen molar-refractivity contribution in [3.8, 4) is 23.4 Å². The first-order chi connectivity index (χ1) is 11.2. The fourth-order valence-electron chi connectivity index (χ4n) is 1.91. The molecule has 0 unspecified atom stereocenters. The number of benzene rings is 1. The van der Waals surface area contributed by atoms with Gasteiger partial charge in [-0.3, -0.25) is 0 Å². The zero-order chi connectivity index (χ0) is 16.2. The van der Waals surface area contributed by atoms with Crippen LogP contribution in [0.2, 0.25) is 0 Å². The van der Waals surface area contributed by atoms with E-state index in [0.717, 1.165) is 5.56 Å². The van der Waals surface area contributed by atoms with Crippen molar-refractivity contribution in [2.45, 2.75) is 6.92 Å². The van der Waals surface area contributed by atoms with E-state index in [2.05, 4.69) is 20.2 Å². The van der Waals surface area contributed by atoms with E-state index in [1.165, 1.54) is 7.11 Å². The Morgan fingerprint density at radius 2 is 1.78 bits per heavy atom. The van der Waals surface area contributed by atoms with Gasteiger partial charge >= 0.3 is 12.0 Å². The van der Waals surface area contributed by atoms with E-state index in [0.29, 0.717) is 23.0 Å². The molecule has 0 amide bonds. The average Bonchev–Trinajstić information content (AvgIpc) is 2.96. The Bertz CT molecular complexity index is 844. The van der Waals surface area contributed by atoms with E-state index < -0.39 is 0 Å². The summed E-state index contributed by atoms with van der Waals surface area (Å²) in [5.74, 6) is 0.0876. The molecule has 1 N–H and O–H groups in total. The zero-order valence-corrected chi connectivity index (χ0v) is 12.6. The Morgan fingerprint density at radius 1 is 1.04 bits per heavy atom. The highest BCUT2D eigenvalue weighted by Crippen LogP contribution is 2.27.